The Hall–Kier alpha value is -2.70. The number of para-hydroxylation sites is 2. The highest BCUT2D eigenvalue weighted by Gasteiger charge is 2.13. The van der Waals surface area contributed by atoms with Crippen LogP contribution in [0.5, 0.6) is 5.75 Å². The maximum atomic E-state index is 12.1. The van der Waals surface area contributed by atoms with Gasteiger partial charge in [-0.25, -0.2) is 4.98 Å². The Morgan fingerprint density at radius 1 is 1.15 bits per heavy atom. The zero-order valence-corrected chi connectivity index (χ0v) is 15.9. The molecule has 6 nitrogen and oxygen atoms in total. The number of H-pyrrole nitrogens is 1. The molecule has 0 fully saturated rings. The van der Waals surface area contributed by atoms with E-state index in [4.69, 9.17) is 4.74 Å². The predicted octanol–water partition coefficient (Wildman–Crippen LogP) is 2.41. The Labute approximate surface area is 158 Å². The number of aromatic amines is 1. The fourth-order valence-electron chi connectivity index (χ4n) is 3.15. The summed E-state index contributed by atoms with van der Waals surface area (Å²) in [7, 11) is 1.87. The lowest BCUT2D eigenvalue weighted by atomic mass is 10.1. The fourth-order valence-corrected chi connectivity index (χ4v) is 3.15. The molecule has 0 aliphatic rings. The predicted molar refractivity (Wildman–Crippen MR) is 106 cm³/mol. The molecule has 0 spiro atoms. The summed E-state index contributed by atoms with van der Waals surface area (Å²) >= 11 is 0. The lowest BCUT2D eigenvalue weighted by Gasteiger charge is -2.21. The molecule has 0 unspecified atom stereocenters. The maximum Gasteiger partial charge on any atom is 0.258 e. The van der Waals surface area contributed by atoms with Gasteiger partial charge in [-0.3, -0.25) is 9.69 Å². The van der Waals surface area contributed by atoms with Crippen LogP contribution in [0.15, 0.2) is 47.3 Å². The first kappa shape index (κ1) is 19.1. The zero-order valence-electron chi connectivity index (χ0n) is 15.9. The minimum Gasteiger partial charge on any atom is -0.490 e. The molecule has 1 atom stereocenters. The summed E-state index contributed by atoms with van der Waals surface area (Å²) in [5.74, 6) is 1.39. The molecule has 0 amide bonds. The van der Waals surface area contributed by atoms with Crippen LogP contribution in [0, 0.1) is 13.8 Å². The third kappa shape index (κ3) is 4.72. The summed E-state index contributed by atoms with van der Waals surface area (Å²) in [6.07, 6.45) is -0.652. The van der Waals surface area contributed by atoms with Crippen molar-refractivity contribution >= 4 is 10.9 Å². The number of aromatic nitrogens is 2. The molecule has 142 valence electrons. The summed E-state index contributed by atoms with van der Waals surface area (Å²) in [4.78, 5) is 21.3. The maximum absolute atomic E-state index is 12.1. The van der Waals surface area contributed by atoms with Crippen molar-refractivity contribution in [1.82, 2.24) is 14.9 Å². The third-order valence-electron chi connectivity index (χ3n) is 4.43. The van der Waals surface area contributed by atoms with Crippen molar-refractivity contribution in [2.75, 3.05) is 20.2 Å². The Morgan fingerprint density at radius 2 is 1.85 bits per heavy atom. The molecule has 6 heteroatoms. The van der Waals surface area contributed by atoms with Gasteiger partial charge in [0.1, 0.15) is 24.3 Å². The molecular formula is C21H25N3O3. The number of fused-ring (bicyclic) bond motifs is 1. The average molecular weight is 367 g/mol. The van der Waals surface area contributed by atoms with Gasteiger partial charge in [0.15, 0.2) is 0 Å². The number of ether oxygens (including phenoxy) is 1. The fraction of sp³-hybridized carbons (Fsp3) is 0.333. The second-order valence-electron chi connectivity index (χ2n) is 6.91. The first-order valence-corrected chi connectivity index (χ1v) is 8.97. The average Bonchev–Trinajstić information content (AvgIpc) is 2.61. The van der Waals surface area contributed by atoms with Crippen LogP contribution in [-0.4, -0.2) is 46.3 Å². The molecule has 0 saturated carbocycles. The van der Waals surface area contributed by atoms with Crippen LogP contribution in [0.3, 0.4) is 0 Å². The molecule has 0 bridgehead atoms. The van der Waals surface area contributed by atoms with Gasteiger partial charge in [-0.15, -0.1) is 0 Å². The lowest BCUT2D eigenvalue weighted by Crippen LogP contribution is -2.33. The Bertz CT molecular complexity index is 964. The van der Waals surface area contributed by atoms with E-state index in [0.717, 1.165) is 16.9 Å². The van der Waals surface area contributed by atoms with Crippen molar-refractivity contribution in [3.8, 4) is 5.75 Å². The van der Waals surface area contributed by atoms with Crippen LogP contribution in [0.4, 0.5) is 0 Å². The second kappa shape index (κ2) is 8.33. The monoisotopic (exact) mass is 367 g/mol. The molecule has 0 saturated heterocycles. The Balaban J connectivity index is 1.59. The van der Waals surface area contributed by atoms with E-state index in [2.05, 4.69) is 9.97 Å². The molecule has 0 aliphatic heterocycles. The second-order valence-corrected chi connectivity index (χ2v) is 6.91. The normalized spacial score (nSPS) is 12.5. The summed E-state index contributed by atoms with van der Waals surface area (Å²) in [6, 6.07) is 13.2. The molecule has 1 heterocycles. The van der Waals surface area contributed by atoms with Crippen LogP contribution in [0.25, 0.3) is 10.9 Å². The molecule has 3 aromatic rings. The number of rotatable bonds is 7. The molecule has 27 heavy (non-hydrogen) atoms. The molecule has 3 rings (SSSR count). The first-order valence-electron chi connectivity index (χ1n) is 8.97. The largest absolute Gasteiger partial charge is 0.490 e. The number of aliphatic hydroxyl groups is 1. The number of likely N-dealkylation sites (N-methyl/N-ethyl adjacent to an activating group) is 1. The van der Waals surface area contributed by atoms with Crippen LogP contribution < -0.4 is 10.3 Å². The van der Waals surface area contributed by atoms with Gasteiger partial charge in [0, 0.05) is 6.54 Å². The summed E-state index contributed by atoms with van der Waals surface area (Å²) in [6.45, 7) is 5.02. The highest BCUT2D eigenvalue weighted by Crippen LogP contribution is 2.22. The van der Waals surface area contributed by atoms with Gasteiger partial charge in [0.05, 0.1) is 17.4 Å². The molecule has 2 N–H and O–H groups in total. The van der Waals surface area contributed by atoms with Crippen molar-refractivity contribution in [2.24, 2.45) is 0 Å². The standard InChI is InChI=1S/C21H25N3O3/c1-14-7-6-8-15(2)20(14)27-13-16(25)11-24(3)12-19-22-18-10-5-4-9-17(18)21(26)23-19/h4-10,16,25H,11-13H2,1-3H3,(H,22,23,26)/t16-/m1/s1. The van der Waals surface area contributed by atoms with Crippen molar-refractivity contribution in [3.05, 3.63) is 69.8 Å². The van der Waals surface area contributed by atoms with Crippen LogP contribution in [0.2, 0.25) is 0 Å². The van der Waals surface area contributed by atoms with E-state index in [-0.39, 0.29) is 12.2 Å². The van der Waals surface area contributed by atoms with Crippen molar-refractivity contribution < 1.29 is 9.84 Å². The van der Waals surface area contributed by atoms with Crippen LogP contribution >= 0.6 is 0 Å². The van der Waals surface area contributed by atoms with Crippen molar-refractivity contribution in [1.29, 1.82) is 0 Å². The van der Waals surface area contributed by atoms with E-state index in [9.17, 15) is 9.90 Å². The Morgan fingerprint density at radius 3 is 2.59 bits per heavy atom. The third-order valence-corrected chi connectivity index (χ3v) is 4.43. The van der Waals surface area contributed by atoms with Gasteiger partial charge in [-0.1, -0.05) is 30.3 Å². The van der Waals surface area contributed by atoms with Crippen molar-refractivity contribution in [2.45, 2.75) is 26.5 Å². The number of aliphatic hydroxyl groups excluding tert-OH is 1. The number of nitrogens with zero attached hydrogens (tertiary/aromatic N) is 2. The number of hydrogen-bond acceptors (Lipinski definition) is 5. The molecule has 2 aromatic carbocycles. The SMILES string of the molecule is Cc1cccc(C)c1OC[C@H](O)CN(C)Cc1nc2ccccc2c(=O)[nH]1. The number of benzene rings is 2. The number of nitrogens with one attached hydrogen (secondary N) is 1. The first-order chi connectivity index (χ1) is 12.9. The van der Waals surface area contributed by atoms with Gasteiger partial charge in [0.25, 0.3) is 5.56 Å². The smallest absolute Gasteiger partial charge is 0.258 e. The molecule has 1 aromatic heterocycles. The van der Waals surface area contributed by atoms with E-state index in [1.807, 2.05) is 62.2 Å². The lowest BCUT2D eigenvalue weighted by molar-refractivity contribution is 0.0732. The summed E-state index contributed by atoms with van der Waals surface area (Å²) in [5.41, 5.74) is 2.62. The van der Waals surface area contributed by atoms with Crippen LogP contribution in [0.1, 0.15) is 17.0 Å². The van der Waals surface area contributed by atoms with E-state index < -0.39 is 6.10 Å². The van der Waals surface area contributed by atoms with Crippen LogP contribution in [-0.2, 0) is 6.54 Å². The highest BCUT2D eigenvalue weighted by molar-refractivity contribution is 5.77. The Kier molecular flexibility index (Phi) is 5.88. The highest BCUT2D eigenvalue weighted by atomic mass is 16.5. The molecule has 0 aliphatic carbocycles. The van der Waals surface area contributed by atoms with Gasteiger partial charge in [-0.05, 0) is 44.2 Å². The number of aryl methyl sites for hydroxylation is 2. The van der Waals surface area contributed by atoms with Gasteiger partial charge < -0.3 is 14.8 Å². The minimum atomic E-state index is -0.652. The van der Waals surface area contributed by atoms with Gasteiger partial charge >= 0.3 is 0 Å². The van der Waals surface area contributed by atoms with E-state index in [1.165, 1.54) is 0 Å². The number of hydrogen-bond donors (Lipinski definition) is 2. The molecular weight excluding hydrogens is 342 g/mol. The van der Waals surface area contributed by atoms with E-state index in [0.29, 0.717) is 29.8 Å². The van der Waals surface area contributed by atoms with Gasteiger partial charge in [-0.2, -0.15) is 0 Å². The topological polar surface area (TPSA) is 78.5 Å². The molecule has 0 radical (unpaired) electrons. The minimum absolute atomic E-state index is 0.150. The summed E-state index contributed by atoms with van der Waals surface area (Å²) < 4.78 is 5.81. The van der Waals surface area contributed by atoms with Gasteiger partial charge in [0.2, 0.25) is 0 Å². The zero-order chi connectivity index (χ0) is 19.4. The summed E-state index contributed by atoms with van der Waals surface area (Å²) in [5, 5.41) is 10.9. The van der Waals surface area contributed by atoms with E-state index in [1.54, 1.807) is 6.07 Å². The van der Waals surface area contributed by atoms with E-state index >= 15 is 0 Å². The van der Waals surface area contributed by atoms with Crippen molar-refractivity contribution in [3.63, 3.8) is 0 Å². The quantitative estimate of drug-likeness (QED) is 0.670.